The van der Waals surface area contributed by atoms with Gasteiger partial charge in [-0.3, -0.25) is 4.79 Å². The summed E-state index contributed by atoms with van der Waals surface area (Å²) in [5, 5.41) is 8.92. The summed E-state index contributed by atoms with van der Waals surface area (Å²) < 4.78 is 66.1. The third-order valence-electron chi connectivity index (χ3n) is 5.03. The molecule has 0 N–H and O–H groups in total. The Balaban J connectivity index is 1.90. The second-order valence-electron chi connectivity index (χ2n) is 7.14. The summed E-state index contributed by atoms with van der Waals surface area (Å²) in [6.45, 7) is -0.363. The van der Waals surface area contributed by atoms with Gasteiger partial charge in [0, 0.05) is 32.6 Å². The van der Waals surface area contributed by atoms with Crippen molar-refractivity contribution >= 4 is 15.9 Å². The predicted octanol–water partition coefficient (Wildman–Crippen LogP) is 3.24. The summed E-state index contributed by atoms with van der Waals surface area (Å²) in [6, 6.07) is 15.1. The summed E-state index contributed by atoms with van der Waals surface area (Å²) in [4.78, 5) is 12.2. The van der Waals surface area contributed by atoms with Gasteiger partial charge in [-0.05, 0) is 35.2 Å². The fraction of sp³-hybridized carbons (Fsp3) is 0.333. The van der Waals surface area contributed by atoms with E-state index in [0.29, 0.717) is 16.0 Å². The van der Waals surface area contributed by atoms with E-state index in [1.165, 1.54) is 16.4 Å². The highest BCUT2D eigenvalue weighted by molar-refractivity contribution is 7.89. The van der Waals surface area contributed by atoms with Crippen LogP contribution in [0.4, 0.5) is 13.2 Å². The zero-order valence-corrected chi connectivity index (χ0v) is 17.3. The number of fused-ring (bicyclic) bond motifs is 1. The molecule has 0 bridgehead atoms. The number of hydrogen-bond donors (Lipinski definition) is 0. The third kappa shape index (κ3) is 5.24. The lowest BCUT2D eigenvalue weighted by Crippen LogP contribution is -2.43. The Morgan fingerprint density at radius 1 is 1.13 bits per heavy atom. The zero-order valence-electron chi connectivity index (χ0n) is 16.5. The molecule has 1 aliphatic heterocycles. The molecule has 1 amide bonds. The lowest BCUT2D eigenvalue weighted by Gasteiger charge is -2.30. The first-order chi connectivity index (χ1) is 14.6. The van der Waals surface area contributed by atoms with Crippen LogP contribution in [0.5, 0.6) is 0 Å². The molecule has 0 aliphatic carbocycles. The summed E-state index contributed by atoms with van der Waals surface area (Å²) in [5.41, 5.74) is 1.81. The van der Waals surface area contributed by atoms with Crippen molar-refractivity contribution in [3.63, 3.8) is 0 Å². The van der Waals surface area contributed by atoms with Gasteiger partial charge < -0.3 is 4.90 Å². The van der Waals surface area contributed by atoms with Gasteiger partial charge in [-0.25, -0.2) is 8.42 Å². The number of rotatable bonds is 6. The maximum Gasteiger partial charge on any atom is 0.471 e. The van der Waals surface area contributed by atoms with Crippen LogP contribution in [0.15, 0.2) is 53.4 Å². The molecule has 0 unspecified atom stereocenters. The number of amides is 1. The van der Waals surface area contributed by atoms with E-state index in [1.807, 2.05) is 6.07 Å². The first-order valence-electron chi connectivity index (χ1n) is 9.52. The first-order valence-corrected chi connectivity index (χ1v) is 11.0. The highest BCUT2D eigenvalue weighted by Gasteiger charge is 2.43. The van der Waals surface area contributed by atoms with Crippen LogP contribution in [0, 0.1) is 11.3 Å². The largest absolute Gasteiger partial charge is 0.471 e. The molecule has 10 heteroatoms. The fourth-order valence-electron chi connectivity index (χ4n) is 3.44. The molecule has 3 rings (SSSR count). The molecule has 0 radical (unpaired) electrons. The average molecular weight is 451 g/mol. The van der Waals surface area contributed by atoms with Crippen LogP contribution in [0.2, 0.25) is 0 Å². The van der Waals surface area contributed by atoms with Crippen LogP contribution >= 0.6 is 0 Å². The van der Waals surface area contributed by atoms with Crippen molar-refractivity contribution in [3.8, 4) is 6.07 Å². The zero-order chi connectivity index (χ0) is 22.6. The summed E-state index contributed by atoms with van der Waals surface area (Å²) in [6.07, 6.45) is -4.78. The number of sulfonamides is 1. The number of carbonyl (C=O) groups excluding carboxylic acids is 1. The van der Waals surface area contributed by atoms with E-state index in [4.69, 9.17) is 5.26 Å². The molecule has 164 valence electrons. The molecule has 0 aromatic heterocycles. The van der Waals surface area contributed by atoms with E-state index in [1.54, 1.807) is 36.4 Å². The number of nitriles is 1. The molecular weight excluding hydrogens is 431 g/mol. The van der Waals surface area contributed by atoms with Crippen molar-refractivity contribution < 1.29 is 26.4 Å². The minimum atomic E-state index is -4.98. The van der Waals surface area contributed by atoms with Gasteiger partial charge in [0.25, 0.3) is 0 Å². The third-order valence-corrected chi connectivity index (χ3v) is 6.87. The Hall–Kier alpha value is -2.90. The van der Waals surface area contributed by atoms with Crippen molar-refractivity contribution in [2.75, 3.05) is 13.1 Å². The fourth-order valence-corrected chi connectivity index (χ4v) is 4.92. The molecule has 2 aromatic rings. The van der Waals surface area contributed by atoms with E-state index >= 15 is 0 Å². The number of alkyl halides is 3. The molecule has 1 heterocycles. The van der Waals surface area contributed by atoms with Gasteiger partial charge in [0.1, 0.15) is 0 Å². The number of carbonyl (C=O) groups is 1. The lowest BCUT2D eigenvalue weighted by molar-refractivity contribution is -0.186. The van der Waals surface area contributed by atoms with Crippen LogP contribution in [0.25, 0.3) is 0 Å². The van der Waals surface area contributed by atoms with Gasteiger partial charge in [-0.1, -0.05) is 36.4 Å². The number of hydrogen-bond acceptors (Lipinski definition) is 4. The normalized spacial score (nSPS) is 14.2. The Kier molecular flexibility index (Phi) is 6.67. The topological polar surface area (TPSA) is 81.5 Å². The second-order valence-corrected chi connectivity index (χ2v) is 9.08. The predicted molar refractivity (Wildman–Crippen MR) is 106 cm³/mol. The van der Waals surface area contributed by atoms with Gasteiger partial charge in [0.05, 0.1) is 11.0 Å². The summed E-state index contributed by atoms with van der Waals surface area (Å²) in [5.74, 6) is -1.94. The van der Waals surface area contributed by atoms with Gasteiger partial charge >= 0.3 is 12.1 Å². The van der Waals surface area contributed by atoms with Crippen LogP contribution in [-0.4, -0.2) is 42.8 Å². The van der Waals surface area contributed by atoms with Gasteiger partial charge in [0.2, 0.25) is 10.0 Å². The van der Waals surface area contributed by atoms with Crippen molar-refractivity contribution in [3.05, 3.63) is 65.2 Å². The standard InChI is InChI=1S/C21H20F3N3O3S/c22-21(23,24)20(28)26-12-9-17-7-8-19(13-18(17)15-26)31(29,30)27(11-4-10-25)14-16-5-2-1-3-6-16/h1-3,5-8,13H,4,9,11-12,14-15H2. The van der Waals surface area contributed by atoms with E-state index in [2.05, 4.69) is 0 Å². The first kappa shape index (κ1) is 22.8. The van der Waals surface area contributed by atoms with Crippen molar-refractivity contribution in [1.82, 2.24) is 9.21 Å². The molecular formula is C21H20F3N3O3S. The SMILES string of the molecule is N#CCCN(Cc1ccccc1)S(=O)(=O)c1ccc2c(c1)CN(C(=O)C(F)(F)F)CC2. The number of halogens is 3. The van der Waals surface area contributed by atoms with Crippen LogP contribution in [0.1, 0.15) is 23.1 Å². The van der Waals surface area contributed by atoms with Crippen molar-refractivity contribution in [2.24, 2.45) is 0 Å². The van der Waals surface area contributed by atoms with Crippen molar-refractivity contribution in [1.29, 1.82) is 5.26 Å². The van der Waals surface area contributed by atoms with E-state index in [0.717, 1.165) is 5.56 Å². The molecule has 1 aliphatic rings. The molecule has 0 atom stereocenters. The molecule has 6 nitrogen and oxygen atoms in total. The van der Waals surface area contributed by atoms with Crippen LogP contribution in [0.3, 0.4) is 0 Å². The minimum absolute atomic E-state index is 0.00906. The van der Waals surface area contributed by atoms with Gasteiger partial charge in [0.15, 0.2) is 0 Å². The maximum absolute atomic E-state index is 13.3. The highest BCUT2D eigenvalue weighted by Crippen LogP contribution is 2.28. The number of benzene rings is 2. The Morgan fingerprint density at radius 3 is 2.48 bits per heavy atom. The minimum Gasteiger partial charge on any atom is -0.330 e. The van der Waals surface area contributed by atoms with E-state index in [-0.39, 0.29) is 43.9 Å². The van der Waals surface area contributed by atoms with E-state index < -0.39 is 22.1 Å². The van der Waals surface area contributed by atoms with Gasteiger partial charge in [-0.2, -0.15) is 22.7 Å². The van der Waals surface area contributed by atoms with Gasteiger partial charge in [-0.15, -0.1) is 0 Å². The molecule has 0 saturated carbocycles. The van der Waals surface area contributed by atoms with Crippen LogP contribution in [-0.2, 0) is 34.3 Å². The highest BCUT2D eigenvalue weighted by atomic mass is 32.2. The monoisotopic (exact) mass is 451 g/mol. The molecule has 2 aromatic carbocycles. The van der Waals surface area contributed by atoms with E-state index in [9.17, 15) is 26.4 Å². The Bertz CT molecular complexity index is 1100. The van der Waals surface area contributed by atoms with Crippen LogP contribution < -0.4 is 0 Å². The molecule has 0 saturated heterocycles. The summed E-state index contributed by atoms with van der Waals surface area (Å²) >= 11 is 0. The number of nitrogens with zero attached hydrogens (tertiary/aromatic N) is 3. The maximum atomic E-state index is 13.3. The molecule has 31 heavy (non-hydrogen) atoms. The second kappa shape index (κ2) is 9.08. The smallest absolute Gasteiger partial charge is 0.330 e. The molecule has 0 fully saturated rings. The Labute approximate surface area is 178 Å². The summed E-state index contributed by atoms with van der Waals surface area (Å²) in [7, 11) is -4.01. The average Bonchev–Trinajstić information content (AvgIpc) is 2.75. The molecule has 0 spiro atoms. The Morgan fingerprint density at radius 2 is 1.84 bits per heavy atom. The quantitative estimate of drug-likeness (QED) is 0.675. The lowest BCUT2D eigenvalue weighted by atomic mass is 10.00. The van der Waals surface area contributed by atoms with Crippen molar-refractivity contribution in [2.45, 2.75) is 37.0 Å².